The maximum atomic E-state index is 11.9. The molecule has 1 aromatic carbocycles. The number of nitrogen functional groups attached to an aromatic ring is 1. The third-order valence-corrected chi connectivity index (χ3v) is 2.93. The first-order valence-electron chi connectivity index (χ1n) is 5.92. The second-order valence-electron chi connectivity index (χ2n) is 4.12. The molecule has 104 valence electrons. The van der Waals surface area contributed by atoms with E-state index in [1.165, 1.54) is 6.20 Å². The minimum atomic E-state index is -0.286. The topological polar surface area (TPSA) is 77.2 Å². The number of methoxy groups -OCH3 is 1. The van der Waals surface area contributed by atoms with Gasteiger partial charge in [-0.15, -0.1) is 0 Å². The van der Waals surface area contributed by atoms with Gasteiger partial charge in [-0.1, -0.05) is 11.6 Å². The molecule has 0 radical (unpaired) electrons. The van der Waals surface area contributed by atoms with E-state index in [1.54, 1.807) is 37.4 Å². The highest BCUT2D eigenvalue weighted by Gasteiger charge is 2.09. The SMILES string of the molecule is COc1ccc(N)cc1CNC(=O)c1ccc(Cl)cn1. The number of carbonyl (C=O) groups excluding carboxylic acids is 1. The number of anilines is 1. The summed E-state index contributed by atoms with van der Waals surface area (Å²) in [6.07, 6.45) is 1.43. The third-order valence-electron chi connectivity index (χ3n) is 2.70. The molecule has 0 atom stereocenters. The number of halogens is 1. The third kappa shape index (κ3) is 3.39. The number of pyridine rings is 1. The van der Waals surface area contributed by atoms with Crippen LogP contribution in [0.25, 0.3) is 0 Å². The molecule has 0 unspecified atom stereocenters. The zero-order valence-electron chi connectivity index (χ0n) is 10.9. The van der Waals surface area contributed by atoms with Crippen LogP contribution in [0.2, 0.25) is 5.02 Å². The van der Waals surface area contributed by atoms with Gasteiger partial charge in [0.25, 0.3) is 5.91 Å². The molecule has 0 bridgehead atoms. The maximum absolute atomic E-state index is 11.9. The molecule has 20 heavy (non-hydrogen) atoms. The number of aromatic nitrogens is 1. The lowest BCUT2D eigenvalue weighted by molar-refractivity contribution is 0.0945. The number of carbonyl (C=O) groups is 1. The summed E-state index contributed by atoms with van der Waals surface area (Å²) in [5.41, 5.74) is 7.44. The molecule has 0 aliphatic carbocycles. The minimum absolute atomic E-state index is 0.286. The van der Waals surface area contributed by atoms with Gasteiger partial charge in [0.15, 0.2) is 0 Å². The Morgan fingerprint density at radius 3 is 2.85 bits per heavy atom. The van der Waals surface area contributed by atoms with Gasteiger partial charge >= 0.3 is 0 Å². The number of rotatable bonds is 4. The van der Waals surface area contributed by atoms with Crippen molar-refractivity contribution < 1.29 is 9.53 Å². The summed E-state index contributed by atoms with van der Waals surface area (Å²) in [5, 5.41) is 3.24. The highest BCUT2D eigenvalue weighted by atomic mass is 35.5. The first-order valence-corrected chi connectivity index (χ1v) is 6.30. The summed E-state index contributed by atoms with van der Waals surface area (Å²) in [4.78, 5) is 15.9. The zero-order chi connectivity index (χ0) is 14.5. The zero-order valence-corrected chi connectivity index (χ0v) is 11.6. The second-order valence-corrected chi connectivity index (χ2v) is 4.55. The molecule has 0 spiro atoms. The lowest BCUT2D eigenvalue weighted by Crippen LogP contribution is -2.24. The number of nitrogens with two attached hydrogens (primary N) is 1. The molecule has 0 saturated heterocycles. The van der Waals surface area contributed by atoms with Gasteiger partial charge in [-0.2, -0.15) is 0 Å². The van der Waals surface area contributed by atoms with Crippen LogP contribution in [0.3, 0.4) is 0 Å². The molecular formula is C14H14ClN3O2. The molecular weight excluding hydrogens is 278 g/mol. The number of amides is 1. The smallest absolute Gasteiger partial charge is 0.270 e. The molecule has 0 aliphatic rings. The van der Waals surface area contributed by atoms with Crippen molar-refractivity contribution in [2.24, 2.45) is 0 Å². The normalized spacial score (nSPS) is 10.1. The van der Waals surface area contributed by atoms with Gasteiger partial charge in [0.2, 0.25) is 0 Å². The first kappa shape index (κ1) is 14.1. The van der Waals surface area contributed by atoms with Crippen LogP contribution in [0.4, 0.5) is 5.69 Å². The fourth-order valence-electron chi connectivity index (χ4n) is 1.71. The van der Waals surface area contributed by atoms with Crippen molar-refractivity contribution in [1.82, 2.24) is 10.3 Å². The van der Waals surface area contributed by atoms with E-state index in [-0.39, 0.29) is 5.91 Å². The number of hydrogen-bond acceptors (Lipinski definition) is 4. The second kappa shape index (κ2) is 6.25. The van der Waals surface area contributed by atoms with Crippen molar-refractivity contribution in [3.8, 4) is 5.75 Å². The molecule has 0 saturated carbocycles. The van der Waals surface area contributed by atoms with Gasteiger partial charge in [0.05, 0.1) is 12.1 Å². The summed E-state index contributed by atoms with van der Waals surface area (Å²) < 4.78 is 5.21. The van der Waals surface area contributed by atoms with E-state index >= 15 is 0 Å². The molecule has 5 nitrogen and oxygen atoms in total. The number of nitrogens with one attached hydrogen (secondary N) is 1. The number of ether oxygens (including phenoxy) is 1. The van der Waals surface area contributed by atoms with Gasteiger partial charge in [0.1, 0.15) is 11.4 Å². The Labute approximate surface area is 121 Å². The summed E-state index contributed by atoms with van der Waals surface area (Å²) in [7, 11) is 1.57. The number of nitrogens with zero attached hydrogens (tertiary/aromatic N) is 1. The van der Waals surface area contributed by atoms with Crippen LogP contribution in [0, 0.1) is 0 Å². The van der Waals surface area contributed by atoms with Crippen LogP contribution in [-0.4, -0.2) is 18.0 Å². The van der Waals surface area contributed by atoms with Crippen LogP contribution >= 0.6 is 11.6 Å². The Morgan fingerprint density at radius 1 is 1.40 bits per heavy atom. The van der Waals surface area contributed by atoms with Crippen LogP contribution in [-0.2, 0) is 6.54 Å². The summed E-state index contributed by atoms with van der Waals surface area (Å²) in [6.45, 7) is 0.303. The van der Waals surface area contributed by atoms with Gasteiger partial charge in [-0.3, -0.25) is 4.79 Å². The summed E-state index contributed by atoms with van der Waals surface area (Å²) in [6, 6.07) is 8.44. The van der Waals surface area contributed by atoms with Gasteiger partial charge in [-0.25, -0.2) is 4.98 Å². The Kier molecular flexibility index (Phi) is 4.42. The van der Waals surface area contributed by atoms with Crippen molar-refractivity contribution in [1.29, 1.82) is 0 Å². The quantitative estimate of drug-likeness (QED) is 0.847. The molecule has 1 aromatic heterocycles. The van der Waals surface area contributed by atoms with E-state index in [0.29, 0.717) is 28.7 Å². The summed E-state index contributed by atoms with van der Waals surface area (Å²) in [5.74, 6) is 0.384. The molecule has 1 amide bonds. The fourth-order valence-corrected chi connectivity index (χ4v) is 1.82. The van der Waals surface area contributed by atoms with Crippen LogP contribution < -0.4 is 15.8 Å². The van der Waals surface area contributed by atoms with Crippen molar-refractivity contribution in [2.75, 3.05) is 12.8 Å². The van der Waals surface area contributed by atoms with Crippen LogP contribution in [0.1, 0.15) is 16.1 Å². The lowest BCUT2D eigenvalue weighted by atomic mass is 10.1. The van der Waals surface area contributed by atoms with Crippen molar-refractivity contribution in [2.45, 2.75) is 6.54 Å². The molecule has 1 heterocycles. The highest BCUT2D eigenvalue weighted by Crippen LogP contribution is 2.20. The number of benzene rings is 1. The van der Waals surface area contributed by atoms with Gasteiger partial charge in [-0.05, 0) is 30.3 Å². The number of hydrogen-bond donors (Lipinski definition) is 2. The maximum Gasteiger partial charge on any atom is 0.270 e. The van der Waals surface area contributed by atoms with Crippen molar-refractivity contribution in [3.63, 3.8) is 0 Å². The molecule has 0 aliphatic heterocycles. The van der Waals surface area contributed by atoms with E-state index in [2.05, 4.69) is 10.3 Å². The van der Waals surface area contributed by atoms with Gasteiger partial charge in [0, 0.05) is 24.0 Å². The molecule has 6 heteroatoms. The lowest BCUT2D eigenvalue weighted by Gasteiger charge is -2.10. The predicted molar refractivity (Wildman–Crippen MR) is 77.8 cm³/mol. The van der Waals surface area contributed by atoms with E-state index in [0.717, 1.165) is 5.56 Å². The Bertz CT molecular complexity index is 614. The summed E-state index contributed by atoms with van der Waals surface area (Å²) >= 11 is 5.72. The van der Waals surface area contributed by atoms with Crippen LogP contribution in [0.15, 0.2) is 36.5 Å². The molecule has 2 aromatic rings. The highest BCUT2D eigenvalue weighted by molar-refractivity contribution is 6.30. The van der Waals surface area contributed by atoms with Crippen LogP contribution in [0.5, 0.6) is 5.75 Å². The Balaban J connectivity index is 2.06. The van der Waals surface area contributed by atoms with E-state index < -0.39 is 0 Å². The van der Waals surface area contributed by atoms with E-state index in [1.807, 2.05) is 0 Å². The predicted octanol–water partition coefficient (Wildman–Crippen LogP) is 2.26. The van der Waals surface area contributed by atoms with E-state index in [9.17, 15) is 4.79 Å². The fraction of sp³-hybridized carbons (Fsp3) is 0.143. The van der Waals surface area contributed by atoms with E-state index in [4.69, 9.17) is 22.1 Å². The largest absolute Gasteiger partial charge is 0.496 e. The Morgan fingerprint density at radius 2 is 2.20 bits per heavy atom. The van der Waals surface area contributed by atoms with Crippen molar-refractivity contribution in [3.05, 3.63) is 52.8 Å². The molecule has 2 rings (SSSR count). The average molecular weight is 292 g/mol. The molecule has 3 N–H and O–H groups in total. The monoisotopic (exact) mass is 291 g/mol. The minimum Gasteiger partial charge on any atom is -0.496 e. The Hall–Kier alpha value is -2.27. The average Bonchev–Trinajstić information content (AvgIpc) is 2.45. The van der Waals surface area contributed by atoms with Gasteiger partial charge < -0.3 is 15.8 Å². The van der Waals surface area contributed by atoms with Crippen molar-refractivity contribution >= 4 is 23.2 Å². The standard InChI is InChI=1S/C14H14ClN3O2/c1-20-13-5-3-11(16)6-9(13)7-18-14(19)12-4-2-10(15)8-17-12/h2-6,8H,7,16H2,1H3,(H,18,19). The molecule has 0 fully saturated rings. The first-order chi connectivity index (χ1) is 9.60.